The highest BCUT2D eigenvalue weighted by Gasteiger charge is 2.33. The second kappa shape index (κ2) is 6.80. The Bertz CT molecular complexity index is 473. The van der Waals surface area contributed by atoms with Crippen LogP contribution in [0.2, 0.25) is 0 Å². The van der Waals surface area contributed by atoms with Crippen molar-refractivity contribution in [1.29, 1.82) is 0 Å². The molecular weight excluding hydrogens is 268 g/mol. The molecule has 0 saturated heterocycles. The maximum absolute atomic E-state index is 11.6. The van der Waals surface area contributed by atoms with E-state index in [0.29, 0.717) is 5.92 Å². The van der Waals surface area contributed by atoms with Crippen molar-refractivity contribution in [2.24, 2.45) is 5.92 Å². The lowest BCUT2D eigenvalue weighted by molar-refractivity contribution is 0.172. The minimum atomic E-state index is -0.722. The maximum atomic E-state index is 11.6. The van der Waals surface area contributed by atoms with Gasteiger partial charge in [-0.15, -0.1) is 0 Å². The lowest BCUT2D eigenvalue weighted by atomic mass is 10.1. The number of urea groups is 1. The van der Waals surface area contributed by atoms with E-state index in [0.717, 1.165) is 17.7 Å². The molecule has 0 bridgehead atoms. The summed E-state index contributed by atoms with van der Waals surface area (Å²) < 4.78 is 5.55. The lowest BCUT2D eigenvalue weighted by Crippen LogP contribution is -2.39. The van der Waals surface area contributed by atoms with E-state index < -0.39 is 6.10 Å². The number of nitrogens with one attached hydrogen (secondary N) is 2. The van der Waals surface area contributed by atoms with Gasteiger partial charge in [-0.05, 0) is 43.9 Å². The number of hydrogen-bond donors (Lipinski definition) is 3. The molecule has 1 saturated carbocycles. The molecule has 0 spiro atoms. The minimum absolute atomic E-state index is 0.121. The molecule has 1 aromatic carbocycles. The van der Waals surface area contributed by atoms with Crippen molar-refractivity contribution in [3.63, 3.8) is 0 Å². The van der Waals surface area contributed by atoms with E-state index in [1.54, 1.807) is 0 Å². The van der Waals surface area contributed by atoms with Crippen molar-refractivity contribution in [1.82, 2.24) is 10.6 Å². The van der Waals surface area contributed by atoms with Gasteiger partial charge in [0.15, 0.2) is 0 Å². The molecule has 3 unspecified atom stereocenters. The number of carbonyl (C=O) groups excluding carboxylic acids is 1. The van der Waals surface area contributed by atoms with Crippen molar-refractivity contribution in [3.8, 4) is 5.75 Å². The molecule has 116 valence electrons. The summed E-state index contributed by atoms with van der Waals surface area (Å²) >= 11 is 0. The minimum Gasteiger partial charge on any atom is -0.491 e. The molecule has 0 aromatic heterocycles. The highest BCUT2D eigenvalue weighted by atomic mass is 16.5. The first-order chi connectivity index (χ1) is 9.95. The number of rotatable bonds is 6. The van der Waals surface area contributed by atoms with Gasteiger partial charge in [-0.1, -0.05) is 19.1 Å². The molecule has 1 fully saturated rings. The van der Waals surface area contributed by atoms with Crippen LogP contribution in [0.5, 0.6) is 5.75 Å². The summed E-state index contributed by atoms with van der Waals surface area (Å²) in [6.07, 6.45) is 0.434. The van der Waals surface area contributed by atoms with Crippen LogP contribution in [0.3, 0.4) is 0 Å². The van der Waals surface area contributed by atoms with E-state index in [4.69, 9.17) is 4.74 Å². The van der Waals surface area contributed by atoms with E-state index in [-0.39, 0.29) is 24.7 Å². The third-order valence-corrected chi connectivity index (χ3v) is 3.52. The second-order valence-electron chi connectivity index (χ2n) is 5.93. The Morgan fingerprint density at radius 3 is 2.52 bits per heavy atom. The predicted molar refractivity (Wildman–Crippen MR) is 81.3 cm³/mol. The van der Waals surface area contributed by atoms with Crippen LogP contribution in [0.4, 0.5) is 4.79 Å². The number of hydrogen-bond acceptors (Lipinski definition) is 3. The predicted octanol–water partition coefficient (Wildman–Crippen LogP) is 2.21. The fourth-order valence-electron chi connectivity index (χ4n) is 2.09. The van der Waals surface area contributed by atoms with Gasteiger partial charge in [0.25, 0.3) is 0 Å². The van der Waals surface area contributed by atoms with Gasteiger partial charge in [-0.25, -0.2) is 4.79 Å². The summed E-state index contributed by atoms with van der Waals surface area (Å²) in [7, 11) is 0. The van der Waals surface area contributed by atoms with Crippen LogP contribution in [0.25, 0.3) is 0 Å². The molecule has 1 aliphatic rings. The average molecular weight is 292 g/mol. The SMILES string of the molecule is CC(C)Oc1ccc(C(O)CNC(=O)NC2CC2C)cc1. The van der Waals surface area contributed by atoms with E-state index in [9.17, 15) is 9.90 Å². The van der Waals surface area contributed by atoms with Gasteiger partial charge in [-0.3, -0.25) is 0 Å². The fraction of sp³-hybridized carbons (Fsp3) is 0.562. The van der Waals surface area contributed by atoms with Gasteiger partial charge in [0.1, 0.15) is 5.75 Å². The molecule has 21 heavy (non-hydrogen) atoms. The molecule has 1 aromatic rings. The Kier molecular flexibility index (Phi) is 5.07. The summed E-state index contributed by atoms with van der Waals surface area (Å²) in [4.78, 5) is 11.6. The van der Waals surface area contributed by atoms with Crippen molar-refractivity contribution < 1.29 is 14.6 Å². The molecular formula is C16H24N2O3. The molecule has 0 heterocycles. The van der Waals surface area contributed by atoms with Crippen LogP contribution in [0.1, 0.15) is 38.9 Å². The number of aliphatic hydroxyl groups is 1. The van der Waals surface area contributed by atoms with Gasteiger partial charge in [0, 0.05) is 12.6 Å². The highest BCUT2D eigenvalue weighted by molar-refractivity contribution is 5.74. The van der Waals surface area contributed by atoms with Gasteiger partial charge >= 0.3 is 6.03 Å². The topological polar surface area (TPSA) is 70.6 Å². The average Bonchev–Trinajstić information content (AvgIpc) is 3.11. The van der Waals surface area contributed by atoms with E-state index in [1.807, 2.05) is 38.1 Å². The van der Waals surface area contributed by atoms with Crippen LogP contribution < -0.4 is 15.4 Å². The summed E-state index contributed by atoms with van der Waals surface area (Å²) in [6.45, 7) is 6.22. The number of aliphatic hydroxyl groups excluding tert-OH is 1. The number of carbonyl (C=O) groups is 1. The highest BCUT2D eigenvalue weighted by Crippen LogP contribution is 2.28. The lowest BCUT2D eigenvalue weighted by Gasteiger charge is -2.14. The van der Waals surface area contributed by atoms with Gasteiger partial charge in [0.2, 0.25) is 0 Å². The zero-order valence-corrected chi connectivity index (χ0v) is 12.8. The Balaban J connectivity index is 1.77. The first-order valence-corrected chi connectivity index (χ1v) is 7.44. The van der Waals surface area contributed by atoms with E-state index in [2.05, 4.69) is 17.6 Å². The van der Waals surface area contributed by atoms with Gasteiger partial charge in [-0.2, -0.15) is 0 Å². The first kappa shape index (κ1) is 15.6. The standard InChI is InChI=1S/C16H24N2O3/c1-10(2)21-13-6-4-12(5-7-13)15(19)9-17-16(20)18-14-8-11(14)3/h4-7,10-11,14-15,19H,8-9H2,1-3H3,(H2,17,18,20). The van der Waals surface area contributed by atoms with Crippen molar-refractivity contribution in [2.75, 3.05) is 6.54 Å². The fourth-order valence-corrected chi connectivity index (χ4v) is 2.09. The Morgan fingerprint density at radius 2 is 2.00 bits per heavy atom. The normalized spacial score (nSPS) is 21.8. The molecule has 0 aliphatic heterocycles. The molecule has 5 nitrogen and oxygen atoms in total. The first-order valence-electron chi connectivity index (χ1n) is 7.44. The molecule has 2 rings (SSSR count). The maximum Gasteiger partial charge on any atom is 0.315 e. The molecule has 2 amide bonds. The zero-order chi connectivity index (χ0) is 15.4. The van der Waals surface area contributed by atoms with Crippen LogP contribution in [-0.4, -0.2) is 29.8 Å². The molecule has 3 N–H and O–H groups in total. The van der Waals surface area contributed by atoms with E-state index in [1.165, 1.54) is 0 Å². The van der Waals surface area contributed by atoms with Gasteiger partial charge < -0.3 is 20.5 Å². The van der Waals surface area contributed by atoms with Crippen molar-refractivity contribution >= 4 is 6.03 Å². The summed E-state index contributed by atoms with van der Waals surface area (Å²) in [5.41, 5.74) is 0.756. The third kappa shape index (κ3) is 4.93. The quantitative estimate of drug-likeness (QED) is 0.753. The number of ether oxygens (including phenoxy) is 1. The number of amides is 2. The van der Waals surface area contributed by atoms with Crippen LogP contribution in [-0.2, 0) is 0 Å². The molecule has 5 heteroatoms. The van der Waals surface area contributed by atoms with Crippen LogP contribution >= 0.6 is 0 Å². The molecule has 3 atom stereocenters. The summed E-state index contributed by atoms with van der Waals surface area (Å²) in [5, 5.41) is 15.6. The Labute approximate surface area is 125 Å². The number of benzene rings is 1. The monoisotopic (exact) mass is 292 g/mol. The second-order valence-corrected chi connectivity index (χ2v) is 5.93. The smallest absolute Gasteiger partial charge is 0.315 e. The third-order valence-electron chi connectivity index (χ3n) is 3.52. The summed E-state index contributed by atoms with van der Waals surface area (Å²) in [6, 6.07) is 7.34. The zero-order valence-electron chi connectivity index (χ0n) is 12.8. The van der Waals surface area contributed by atoms with Crippen LogP contribution in [0, 0.1) is 5.92 Å². The Hall–Kier alpha value is -1.75. The molecule has 1 aliphatic carbocycles. The molecule has 0 radical (unpaired) electrons. The summed E-state index contributed by atoms with van der Waals surface area (Å²) in [5.74, 6) is 1.34. The van der Waals surface area contributed by atoms with Crippen molar-refractivity contribution in [3.05, 3.63) is 29.8 Å². The van der Waals surface area contributed by atoms with Gasteiger partial charge in [0.05, 0.1) is 12.2 Å². The van der Waals surface area contributed by atoms with Crippen LogP contribution in [0.15, 0.2) is 24.3 Å². The largest absolute Gasteiger partial charge is 0.491 e. The Morgan fingerprint density at radius 1 is 1.38 bits per heavy atom. The van der Waals surface area contributed by atoms with Crippen molar-refractivity contribution in [2.45, 2.75) is 45.4 Å². The van der Waals surface area contributed by atoms with E-state index >= 15 is 0 Å².